The number of amides is 2. The first kappa shape index (κ1) is 26.7. The molecule has 174 valence electrons. The summed E-state index contributed by atoms with van der Waals surface area (Å²) >= 11 is 6.00. The lowest BCUT2D eigenvalue weighted by Gasteiger charge is -2.30. The Bertz CT molecular complexity index is 753. The molecule has 2 amide bonds. The summed E-state index contributed by atoms with van der Waals surface area (Å²) in [5, 5.41) is 10.9. The van der Waals surface area contributed by atoms with Crippen LogP contribution in [0.4, 0.5) is 13.2 Å². The van der Waals surface area contributed by atoms with Crippen molar-refractivity contribution in [1.29, 1.82) is 0 Å². The number of rotatable bonds is 6. The molecule has 0 unspecified atom stereocenters. The number of halogens is 4. The van der Waals surface area contributed by atoms with E-state index in [9.17, 15) is 22.8 Å². The lowest BCUT2D eigenvalue weighted by atomic mass is 10.1. The van der Waals surface area contributed by atoms with Crippen molar-refractivity contribution >= 4 is 29.4 Å². The van der Waals surface area contributed by atoms with Crippen LogP contribution < -0.4 is 5.32 Å². The molecule has 0 aliphatic carbocycles. The average molecular weight is 466 g/mol. The van der Waals surface area contributed by atoms with E-state index in [0.29, 0.717) is 36.1 Å². The molecule has 1 fully saturated rings. The van der Waals surface area contributed by atoms with Crippen molar-refractivity contribution in [2.24, 2.45) is 5.92 Å². The van der Waals surface area contributed by atoms with Gasteiger partial charge in [-0.2, -0.15) is 13.2 Å². The Hall–Kier alpha value is -2.33. The standard InChI is InChI=1S/C18H26ClN3O2.C2HF3O2/c1-14(2)6-9-22(13-17(23)21-10-7-20-8-11-21)18(24)15-4-3-5-16(19)12-15;3-2(4,5)1(6)7/h3-5,12,14,20H,6-11,13H2,1-2H3;(H,6,7). The highest BCUT2D eigenvalue weighted by Gasteiger charge is 2.38. The van der Waals surface area contributed by atoms with Crippen molar-refractivity contribution in [3.8, 4) is 0 Å². The van der Waals surface area contributed by atoms with Crippen LogP contribution in [0.3, 0.4) is 0 Å². The van der Waals surface area contributed by atoms with E-state index in [0.717, 1.165) is 19.5 Å². The summed E-state index contributed by atoms with van der Waals surface area (Å²) < 4.78 is 31.7. The second kappa shape index (κ2) is 12.5. The van der Waals surface area contributed by atoms with E-state index in [-0.39, 0.29) is 18.4 Å². The number of hydrogen-bond donors (Lipinski definition) is 2. The lowest BCUT2D eigenvalue weighted by Crippen LogP contribution is -2.50. The summed E-state index contributed by atoms with van der Waals surface area (Å²) in [5.74, 6) is -2.42. The first-order valence-electron chi connectivity index (χ1n) is 9.75. The van der Waals surface area contributed by atoms with E-state index in [2.05, 4.69) is 19.2 Å². The Morgan fingerprint density at radius 1 is 1.23 bits per heavy atom. The lowest BCUT2D eigenvalue weighted by molar-refractivity contribution is -0.192. The molecule has 0 saturated carbocycles. The number of nitrogens with one attached hydrogen (secondary N) is 1. The van der Waals surface area contributed by atoms with Gasteiger partial charge in [-0.05, 0) is 30.5 Å². The highest BCUT2D eigenvalue weighted by atomic mass is 35.5. The maximum absolute atomic E-state index is 12.8. The van der Waals surface area contributed by atoms with Crippen molar-refractivity contribution in [2.45, 2.75) is 26.4 Å². The third kappa shape index (κ3) is 10.0. The fraction of sp³-hybridized carbons (Fsp3) is 0.550. The first-order chi connectivity index (χ1) is 14.4. The monoisotopic (exact) mass is 465 g/mol. The molecule has 1 heterocycles. The smallest absolute Gasteiger partial charge is 0.475 e. The Morgan fingerprint density at radius 2 is 1.81 bits per heavy atom. The number of aliphatic carboxylic acids is 1. The summed E-state index contributed by atoms with van der Waals surface area (Å²) in [5.41, 5.74) is 0.527. The van der Waals surface area contributed by atoms with Crippen molar-refractivity contribution in [2.75, 3.05) is 39.3 Å². The summed E-state index contributed by atoms with van der Waals surface area (Å²) in [6.45, 7) is 7.92. The van der Waals surface area contributed by atoms with Gasteiger partial charge in [-0.15, -0.1) is 0 Å². The van der Waals surface area contributed by atoms with Gasteiger partial charge in [-0.1, -0.05) is 31.5 Å². The molecule has 1 saturated heterocycles. The van der Waals surface area contributed by atoms with E-state index < -0.39 is 12.1 Å². The van der Waals surface area contributed by atoms with Crippen LogP contribution in [0.2, 0.25) is 5.02 Å². The summed E-state index contributed by atoms with van der Waals surface area (Å²) in [6.07, 6.45) is -4.22. The second-order valence-electron chi connectivity index (χ2n) is 7.35. The fourth-order valence-corrected chi connectivity index (χ4v) is 2.84. The van der Waals surface area contributed by atoms with Gasteiger partial charge < -0.3 is 20.2 Å². The van der Waals surface area contributed by atoms with Crippen molar-refractivity contribution < 1.29 is 32.7 Å². The third-order valence-electron chi connectivity index (χ3n) is 4.37. The Balaban J connectivity index is 0.000000592. The molecule has 0 bridgehead atoms. The Morgan fingerprint density at radius 3 is 2.29 bits per heavy atom. The van der Waals surface area contributed by atoms with Gasteiger partial charge in [0, 0.05) is 43.3 Å². The molecule has 2 rings (SSSR count). The van der Waals surface area contributed by atoms with E-state index >= 15 is 0 Å². The fourth-order valence-electron chi connectivity index (χ4n) is 2.65. The van der Waals surface area contributed by atoms with Crippen LogP contribution >= 0.6 is 11.6 Å². The molecular weight excluding hydrogens is 439 g/mol. The molecule has 2 N–H and O–H groups in total. The van der Waals surface area contributed by atoms with Gasteiger partial charge in [0.25, 0.3) is 5.91 Å². The zero-order valence-corrected chi connectivity index (χ0v) is 18.2. The second-order valence-corrected chi connectivity index (χ2v) is 7.79. The predicted octanol–water partition coefficient (Wildman–Crippen LogP) is 2.89. The normalized spacial score (nSPS) is 14.0. The molecule has 1 aromatic carbocycles. The quantitative estimate of drug-likeness (QED) is 0.674. The molecular formula is C20H27ClF3N3O4. The molecule has 0 radical (unpaired) electrons. The van der Waals surface area contributed by atoms with E-state index in [1.807, 2.05) is 4.90 Å². The number of hydrogen-bond acceptors (Lipinski definition) is 4. The van der Waals surface area contributed by atoms with Gasteiger partial charge in [0.15, 0.2) is 0 Å². The van der Waals surface area contributed by atoms with Crippen LogP contribution in [0.1, 0.15) is 30.6 Å². The average Bonchev–Trinajstić information content (AvgIpc) is 2.70. The molecule has 0 atom stereocenters. The molecule has 11 heteroatoms. The molecule has 0 spiro atoms. The largest absolute Gasteiger partial charge is 0.490 e. The molecule has 0 aromatic heterocycles. The number of benzene rings is 1. The van der Waals surface area contributed by atoms with Gasteiger partial charge in [0.2, 0.25) is 5.91 Å². The van der Waals surface area contributed by atoms with Gasteiger partial charge >= 0.3 is 12.1 Å². The number of carbonyl (C=O) groups excluding carboxylic acids is 2. The predicted molar refractivity (Wildman–Crippen MR) is 110 cm³/mol. The zero-order valence-electron chi connectivity index (χ0n) is 17.4. The number of alkyl halides is 3. The summed E-state index contributed by atoms with van der Waals surface area (Å²) in [4.78, 5) is 37.7. The van der Waals surface area contributed by atoms with Crippen LogP contribution in [0.5, 0.6) is 0 Å². The number of nitrogens with zero attached hydrogens (tertiary/aromatic N) is 2. The molecule has 31 heavy (non-hydrogen) atoms. The van der Waals surface area contributed by atoms with Crippen molar-refractivity contribution in [3.05, 3.63) is 34.9 Å². The minimum atomic E-state index is -5.08. The zero-order chi connectivity index (χ0) is 23.6. The summed E-state index contributed by atoms with van der Waals surface area (Å²) in [6, 6.07) is 6.89. The Labute approximate surface area is 184 Å². The van der Waals surface area contributed by atoms with Crippen LogP contribution in [-0.2, 0) is 9.59 Å². The van der Waals surface area contributed by atoms with Crippen LogP contribution in [0, 0.1) is 5.92 Å². The Kier molecular flexibility index (Phi) is 10.8. The first-order valence-corrected chi connectivity index (χ1v) is 10.1. The van der Waals surface area contributed by atoms with Crippen LogP contribution in [0.15, 0.2) is 24.3 Å². The minimum absolute atomic E-state index is 0.00985. The maximum atomic E-state index is 12.8. The van der Waals surface area contributed by atoms with Gasteiger partial charge in [-0.25, -0.2) is 4.79 Å². The maximum Gasteiger partial charge on any atom is 0.490 e. The molecule has 7 nitrogen and oxygen atoms in total. The number of carboxylic acid groups (broad SMARTS) is 1. The molecule has 1 aliphatic heterocycles. The van der Waals surface area contributed by atoms with Gasteiger partial charge in [0.05, 0.1) is 0 Å². The van der Waals surface area contributed by atoms with Crippen molar-refractivity contribution in [3.63, 3.8) is 0 Å². The van der Waals surface area contributed by atoms with Gasteiger partial charge in [-0.3, -0.25) is 9.59 Å². The minimum Gasteiger partial charge on any atom is -0.475 e. The SMILES string of the molecule is CC(C)CCN(CC(=O)N1CCNCC1)C(=O)c1cccc(Cl)c1.O=C(O)C(F)(F)F. The van der Waals surface area contributed by atoms with E-state index in [4.69, 9.17) is 21.5 Å². The number of piperazine rings is 1. The van der Waals surface area contributed by atoms with Crippen LogP contribution in [0.25, 0.3) is 0 Å². The number of carboxylic acids is 1. The highest BCUT2D eigenvalue weighted by molar-refractivity contribution is 6.31. The van der Waals surface area contributed by atoms with Crippen LogP contribution in [-0.4, -0.2) is 78.1 Å². The van der Waals surface area contributed by atoms with E-state index in [1.165, 1.54) is 0 Å². The third-order valence-corrected chi connectivity index (χ3v) is 4.61. The molecule has 1 aromatic rings. The highest BCUT2D eigenvalue weighted by Crippen LogP contribution is 2.15. The summed E-state index contributed by atoms with van der Waals surface area (Å²) in [7, 11) is 0. The van der Waals surface area contributed by atoms with E-state index in [1.54, 1.807) is 29.2 Å². The number of carbonyl (C=O) groups is 3. The van der Waals surface area contributed by atoms with Gasteiger partial charge in [0.1, 0.15) is 6.54 Å². The topological polar surface area (TPSA) is 90.0 Å². The molecule has 1 aliphatic rings. The van der Waals surface area contributed by atoms with Crippen molar-refractivity contribution in [1.82, 2.24) is 15.1 Å².